The lowest BCUT2D eigenvalue weighted by atomic mass is 9.87. The molecule has 4 heteroatoms. The van der Waals surface area contributed by atoms with Crippen molar-refractivity contribution in [1.82, 2.24) is 0 Å². The van der Waals surface area contributed by atoms with Gasteiger partial charge < -0.3 is 14.2 Å². The topological polar surface area (TPSA) is 44.8 Å². The number of fused-ring (bicyclic) bond motifs is 1. The van der Waals surface area contributed by atoms with E-state index >= 15 is 0 Å². The number of hydrogen-bond donors (Lipinski definition) is 0. The van der Waals surface area contributed by atoms with Crippen molar-refractivity contribution >= 4 is 28.9 Å². The molecule has 0 fully saturated rings. The van der Waals surface area contributed by atoms with E-state index < -0.39 is 5.97 Å². The highest BCUT2D eigenvalue weighted by atomic mass is 16.6. The van der Waals surface area contributed by atoms with Crippen molar-refractivity contribution in [3.05, 3.63) is 102 Å². The molecule has 0 amide bonds. The molecule has 0 aliphatic heterocycles. The van der Waals surface area contributed by atoms with E-state index in [1.807, 2.05) is 60.7 Å². The van der Waals surface area contributed by atoms with Crippen molar-refractivity contribution in [1.29, 1.82) is 0 Å². The molecule has 0 N–H and O–H groups in total. The third kappa shape index (κ3) is 6.10. The van der Waals surface area contributed by atoms with Gasteiger partial charge in [0.05, 0.1) is 7.11 Å². The summed E-state index contributed by atoms with van der Waals surface area (Å²) < 4.78 is 16.6. The average molecular weight is 467 g/mol. The molecule has 4 nitrogen and oxygen atoms in total. The molecule has 0 heterocycles. The van der Waals surface area contributed by atoms with Gasteiger partial charge in [0.15, 0.2) is 18.1 Å². The van der Waals surface area contributed by atoms with Gasteiger partial charge in [0, 0.05) is 0 Å². The summed E-state index contributed by atoms with van der Waals surface area (Å²) in [5.41, 5.74) is 3.33. The summed E-state index contributed by atoms with van der Waals surface area (Å²) in [6.07, 6.45) is 4.09. The third-order valence-corrected chi connectivity index (χ3v) is 5.77. The summed E-state index contributed by atoms with van der Waals surface area (Å²) in [5, 5.41) is 2.39. The van der Waals surface area contributed by atoms with Crippen LogP contribution in [-0.4, -0.2) is 19.7 Å². The van der Waals surface area contributed by atoms with Crippen molar-refractivity contribution in [2.24, 2.45) is 0 Å². The van der Waals surface area contributed by atoms with Crippen LogP contribution in [0.4, 0.5) is 0 Å². The number of carbonyl (C=O) groups is 1. The molecule has 0 aliphatic carbocycles. The van der Waals surface area contributed by atoms with Gasteiger partial charge in [-0.05, 0) is 57.1 Å². The Morgan fingerprint density at radius 2 is 1.57 bits per heavy atom. The summed E-state index contributed by atoms with van der Waals surface area (Å²) in [4.78, 5) is 12.4. The number of ether oxygens (including phenoxy) is 3. The van der Waals surface area contributed by atoms with Crippen LogP contribution in [0.1, 0.15) is 37.5 Å². The van der Waals surface area contributed by atoms with Crippen LogP contribution in [0.5, 0.6) is 17.2 Å². The lowest BCUT2D eigenvalue weighted by molar-refractivity contribution is -0.136. The molecular weight excluding hydrogens is 436 g/mol. The monoisotopic (exact) mass is 466 g/mol. The molecule has 0 radical (unpaired) electrons. The summed E-state index contributed by atoms with van der Waals surface area (Å²) in [6, 6.07) is 27.7. The fourth-order valence-corrected chi connectivity index (χ4v) is 3.80. The number of methoxy groups -OCH3 is 1. The first-order chi connectivity index (χ1) is 16.8. The van der Waals surface area contributed by atoms with E-state index in [1.165, 1.54) is 16.3 Å². The van der Waals surface area contributed by atoms with E-state index in [0.29, 0.717) is 17.2 Å². The largest absolute Gasteiger partial charge is 0.493 e. The maximum Gasteiger partial charge on any atom is 0.349 e. The van der Waals surface area contributed by atoms with Gasteiger partial charge in [-0.3, -0.25) is 0 Å². The quantitative estimate of drug-likeness (QED) is 0.163. The van der Waals surface area contributed by atoms with E-state index in [9.17, 15) is 4.79 Å². The van der Waals surface area contributed by atoms with Crippen LogP contribution < -0.4 is 14.2 Å². The second-order valence-corrected chi connectivity index (χ2v) is 9.35. The smallest absolute Gasteiger partial charge is 0.349 e. The second-order valence-electron chi connectivity index (χ2n) is 9.35. The lowest BCUT2D eigenvalue weighted by Crippen LogP contribution is -2.18. The van der Waals surface area contributed by atoms with Crippen LogP contribution in [0.2, 0.25) is 0 Å². The summed E-state index contributed by atoms with van der Waals surface area (Å²) in [7, 11) is 1.55. The third-order valence-electron chi connectivity index (χ3n) is 5.77. The Hall–Kier alpha value is -4.05. The minimum Gasteiger partial charge on any atom is -0.493 e. The first-order valence-corrected chi connectivity index (χ1v) is 11.6. The molecule has 178 valence electrons. The van der Waals surface area contributed by atoms with Crippen LogP contribution in [-0.2, 0) is 10.2 Å². The highest BCUT2D eigenvalue weighted by molar-refractivity contribution is 5.92. The second kappa shape index (κ2) is 10.5. The minimum absolute atomic E-state index is 0.0598. The number of esters is 1. The molecule has 4 aromatic rings. The maximum absolute atomic E-state index is 12.4. The Balaban J connectivity index is 1.41. The Labute approximate surface area is 206 Å². The number of hydrogen-bond acceptors (Lipinski definition) is 4. The van der Waals surface area contributed by atoms with E-state index in [4.69, 9.17) is 14.2 Å². The van der Waals surface area contributed by atoms with Gasteiger partial charge in [-0.15, -0.1) is 0 Å². The van der Waals surface area contributed by atoms with Crippen LogP contribution in [0, 0.1) is 0 Å². The molecule has 4 rings (SSSR count). The molecular formula is C31H30O4. The Morgan fingerprint density at radius 1 is 0.829 bits per heavy atom. The minimum atomic E-state index is -0.498. The van der Waals surface area contributed by atoms with Crippen molar-refractivity contribution in [2.75, 3.05) is 13.7 Å². The van der Waals surface area contributed by atoms with Gasteiger partial charge in [-0.25, -0.2) is 4.79 Å². The number of carbonyl (C=O) groups excluding carboxylic acids is 1. The van der Waals surface area contributed by atoms with Crippen molar-refractivity contribution in [3.63, 3.8) is 0 Å². The molecule has 4 aromatic carbocycles. The highest BCUT2D eigenvalue weighted by Gasteiger charge is 2.14. The van der Waals surface area contributed by atoms with Crippen LogP contribution in [0.25, 0.3) is 22.9 Å². The number of benzene rings is 4. The number of rotatable bonds is 7. The van der Waals surface area contributed by atoms with Gasteiger partial charge >= 0.3 is 5.97 Å². The molecule has 0 saturated carbocycles. The van der Waals surface area contributed by atoms with E-state index in [-0.39, 0.29) is 12.0 Å². The standard InChI is InChI=1S/C31H30O4/c1-31(2,3)25-15-17-26(18-16-25)34-21-30(32)35-28-19-13-22(20-29(28)33-4)12-14-24-10-7-9-23-8-5-6-11-27(23)24/h5-20H,21H2,1-4H3. The molecule has 0 atom stereocenters. The lowest BCUT2D eigenvalue weighted by Gasteiger charge is -2.19. The van der Waals surface area contributed by atoms with E-state index in [0.717, 1.165) is 11.1 Å². The Kier molecular flexibility index (Phi) is 7.21. The summed E-state index contributed by atoms with van der Waals surface area (Å²) in [6.45, 7) is 6.26. The fourth-order valence-electron chi connectivity index (χ4n) is 3.80. The van der Waals surface area contributed by atoms with Crippen molar-refractivity contribution in [3.8, 4) is 17.2 Å². The van der Waals surface area contributed by atoms with Gasteiger partial charge in [0.1, 0.15) is 5.75 Å². The SMILES string of the molecule is COc1cc(C=Cc2cccc3ccccc23)ccc1OC(=O)COc1ccc(C(C)(C)C)cc1. The Morgan fingerprint density at radius 3 is 2.31 bits per heavy atom. The zero-order valence-corrected chi connectivity index (χ0v) is 20.6. The molecule has 0 spiro atoms. The van der Waals surface area contributed by atoms with Gasteiger partial charge in [-0.1, -0.05) is 93.6 Å². The zero-order valence-electron chi connectivity index (χ0n) is 20.6. The van der Waals surface area contributed by atoms with Gasteiger partial charge in [0.25, 0.3) is 0 Å². The summed E-state index contributed by atoms with van der Waals surface area (Å²) >= 11 is 0. The Bertz CT molecular complexity index is 1340. The molecule has 0 unspecified atom stereocenters. The molecule has 35 heavy (non-hydrogen) atoms. The molecule has 0 aliphatic rings. The normalized spacial score (nSPS) is 11.5. The predicted octanol–water partition coefficient (Wildman–Crippen LogP) is 7.30. The average Bonchev–Trinajstić information content (AvgIpc) is 2.86. The van der Waals surface area contributed by atoms with Gasteiger partial charge in [0.2, 0.25) is 0 Å². The first-order valence-electron chi connectivity index (χ1n) is 11.6. The molecule has 0 saturated heterocycles. The van der Waals surface area contributed by atoms with Gasteiger partial charge in [-0.2, -0.15) is 0 Å². The maximum atomic E-state index is 12.4. The van der Waals surface area contributed by atoms with Crippen molar-refractivity contribution < 1.29 is 19.0 Å². The predicted molar refractivity (Wildman–Crippen MR) is 142 cm³/mol. The fraction of sp³-hybridized carbons (Fsp3) is 0.194. The van der Waals surface area contributed by atoms with E-state index in [1.54, 1.807) is 13.2 Å². The first kappa shape index (κ1) is 24.1. The van der Waals surface area contributed by atoms with Crippen LogP contribution in [0.3, 0.4) is 0 Å². The van der Waals surface area contributed by atoms with Crippen molar-refractivity contribution in [2.45, 2.75) is 26.2 Å². The molecule has 0 aromatic heterocycles. The molecule has 0 bridgehead atoms. The zero-order chi connectivity index (χ0) is 24.8. The summed E-state index contributed by atoms with van der Waals surface area (Å²) in [5.74, 6) is 0.956. The highest BCUT2D eigenvalue weighted by Crippen LogP contribution is 2.30. The van der Waals surface area contributed by atoms with Crippen LogP contribution >= 0.6 is 0 Å². The van der Waals surface area contributed by atoms with Crippen LogP contribution in [0.15, 0.2) is 84.9 Å². The van der Waals surface area contributed by atoms with E-state index in [2.05, 4.69) is 51.1 Å².